The van der Waals surface area contributed by atoms with Crippen LogP contribution in [-0.4, -0.2) is 37.2 Å². The average Bonchev–Trinajstić information content (AvgIpc) is 3.36. The first kappa shape index (κ1) is 67.9. The second-order valence-corrected chi connectivity index (χ2v) is 21.3. The maximum absolute atomic E-state index is 12.9. The summed E-state index contributed by atoms with van der Waals surface area (Å²) in [6, 6.07) is 0. The molecule has 70 heavy (non-hydrogen) atoms. The van der Waals surface area contributed by atoms with Crippen molar-refractivity contribution in [1.29, 1.82) is 0 Å². The summed E-state index contributed by atoms with van der Waals surface area (Å²) in [6.07, 6.45) is 70.3. The van der Waals surface area contributed by atoms with Gasteiger partial charge in [-0.3, -0.25) is 14.4 Å². The van der Waals surface area contributed by atoms with E-state index in [0.29, 0.717) is 19.3 Å². The number of hydrogen-bond acceptors (Lipinski definition) is 6. The van der Waals surface area contributed by atoms with Crippen LogP contribution >= 0.6 is 0 Å². The molecule has 0 spiro atoms. The summed E-state index contributed by atoms with van der Waals surface area (Å²) in [6.45, 7) is 6.68. The van der Waals surface area contributed by atoms with Gasteiger partial charge in [-0.15, -0.1) is 0 Å². The maximum Gasteiger partial charge on any atom is 0.306 e. The fourth-order valence-electron chi connectivity index (χ4n) is 9.48. The minimum absolute atomic E-state index is 0.0669. The topological polar surface area (TPSA) is 78.9 Å². The Morgan fingerprint density at radius 3 is 0.814 bits per heavy atom. The van der Waals surface area contributed by atoms with E-state index in [1.54, 1.807) is 0 Å². The van der Waals surface area contributed by atoms with Gasteiger partial charge >= 0.3 is 17.9 Å². The van der Waals surface area contributed by atoms with E-state index in [1.807, 2.05) is 0 Å². The molecule has 0 aromatic rings. The van der Waals surface area contributed by atoms with Crippen LogP contribution in [0.1, 0.15) is 348 Å². The summed E-state index contributed by atoms with van der Waals surface area (Å²) in [5, 5.41) is 0. The van der Waals surface area contributed by atoms with E-state index in [2.05, 4.69) is 45.1 Å². The van der Waals surface area contributed by atoms with E-state index in [-0.39, 0.29) is 31.1 Å². The molecule has 0 rings (SSSR count). The third kappa shape index (κ3) is 56.8. The van der Waals surface area contributed by atoms with Crippen molar-refractivity contribution in [3.8, 4) is 0 Å². The number of unbranched alkanes of at least 4 members (excludes halogenated alkanes) is 43. The summed E-state index contributed by atoms with van der Waals surface area (Å²) in [4.78, 5) is 38.3. The molecule has 0 radical (unpaired) electrons. The molecule has 0 bridgehead atoms. The van der Waals surface area contributed by atoms with Gasteiger partial charge in [0.05, 0.1) is 0 Å². The van der Waals surface area contributed by atoms with E-state index in [9.17, 15) is 14.4 Å². The highest BCUT2D eigenvalue weighted by Crippen LogP contribution is 2.18. The highest BCUT2D eigenvalue weighted by atomic mass is 16.6. The Hall–Kier alpha value is -2.11. The first-order valence-electron chi connectivity index (χ1n) is 31.3. The molecule has 0 fully saturated rings. The lowest BCUT2D eigenvalue weighted by molar-refractivity contribution is -0.167. The van der Waals surface area contributed by atoms with Crippen LogP contribution in [0.15, 0.2) is 24.3 Å². The van der Waals surface area contributed by atoms with Crippen molar-refractivity contribution in [3.63, 3.8) is 0 Å². The van der Waals surface area contributed by atoms with Crippen LogP contribution in [0.25, 0.3) is 0 Å². The monoisotopic (exact) mass is 985 g/mol. The molecule has 0 aromatic carbocycles. The van der Waals surface area contributed by atoms with Crippen molar-refractivity contribution < 1.29 is 28.6 Å². The Morgan fingerprint density at radius 2 is 0.514 bits per heavy atom. The van der Waals surface area contributed by atoms with E-state index in [1.165, 1.54) is 244 Å². The zero-order valence-electron chi connectivity index (χ0n) is 47.3. The normalized spacial score (nSPS) is 12.1. The highest BCUT2D eigenvalue weighted by molar-refractivity contribution is 5.71. The average molecular weight is 986 g/mol. The van der Waals surface area contributed by atoms with Crippen LogP contribution in [0.3, 0.4) is 0 Å². The number of carbonyl (C=O) groups excluding carboxylic acids is 3. The Balaban J connectivity index is 4.28. The molecule has 0 amide bonds. The van der Waals surface area contributed by atoms with E-state index >= 15 is 0 Å². The Kier molecular flexibility index (Phi) is 57.7. The summed E-state index contributed by atoms with van der Waals surface area (Å²) in [5.74, 6) is -0.845. The number of rotatable bonds is 58. The predicted molar refractivity (Wildman–Crippen MR) is 303 cm³/mol. The van der Waals surface area contributed by atoms with E-state index < -0.39 is 6.10 Å². The van der Waals surface area contributed by atoms with Crippen molar-refractivity contribution in [2.24, 2.45) is 0 Å². The van der Waals surface area contributed by atoms with Gasteiger partial charge in [0.15, 0.2) is 6.10 Å². The van der Waals surface area contributed by atoms with Crippen molar-refractivity contribution in [1.82, 2.24) is 0 Å². The summed E-state index contributed by atoms with van der Waals surface area (Å²) in [7, 11) is 0. The first-order chi connectivity index (χ1) is 34.5. The van der Waals surface area contributed by atoms with Crippen LogP contribution in [0.4, 0.5) is 0 Å². The smallest absolute Gasteiger partial charge is 0.306 e. The minimum atomic E-state index is -0.769. The van der Waals surface area contributed by atoms with Crippen molar-refractivity contribution >= 4 is 17.9 Å². The van der Waals surface area contributed by atoms with Gasteiger partial charge in [0.2, 0.25) is 0 Å². The van der Waals surface area contributed by atoms with Crippen LogP contribution in [0.2, 0.25) is 0 Å². The lowest BCUT2D eigenvalue weighted by Gasteiger charge is -2.18. The van der Waals surface area contributed by atoms with E-state index in [0.717, 1.165) is 64.2 Å². The fourth-order valence-corrected chi connectivity index (χ4v) is 9.48. The lowest BCUT2D eigenvalue weighted by atomic mass is 10.0. The summed E-state index contributed by atoms with van der Waals surface area (Å²) in [5.41, 5.74) is 0. The molecule has 0 saturated carbocycles. The Morgan fingerprint density at radius 1 is 0.286 bits per heavy atom. The largest absolute Gasteiger partial charge is 0.462 e. The van der Waals surface area contributed by atoms with Gasteiger partial charge in [-0.2, -0.15) is 0 Å². The molecule has 6 nitrogen and oxygen atoms in total. The van der Waals surface area contributed by atoms with Crippen LogP contribution in [0, 0.1) is 0 Å². The second kappa shape index (κ2) is 59.5. The summed E-state index contributed by atoms with van der Waals surface area (Å²) >= 11 is 0. The van der Waals surface area contributed by atoms with Crippen molar-refractivity contribution in [2.75, 3.05) is 13.2 Å². The highest BCUT2D eigenvalue weighted by Gasteiger charge is 2.19. The van der Waals surface area contributed by atoms with Gasteiger partial charge in [-0.25, -0.2) is 0 Å². The van der Waals surface area contributed by atoms with Crippen LogP contribution in [-0.2, 0) is 28.6 Å². The minimum Gasteiger partial charge on any atom is -0.462 e. The molecule has 0 N–H and O–H groups in total. The Labute approximate surface area is 436 Å². The first-order valence-corrected chi connectivity index (χ1v) is 31.3. The SMILES string of the molecule is CCCCC/C=C\C/C=C\CCCCCCCCCCCC(=O)OC(COC(=O)CCCCCCCCCCCCCCC)COC(=O)CCCCCCCCCCCCCCCCCCCCCC. The molecule has 412 valence electrons. The molecule has 6 heteroatoms. The lowest BCUT2D eigenvalue weighted by Crippen LogP contribution is -2.30. The van der Waals surface area contributed by atoms with Gasteiger partial charge in [0.25, 0.3) is 0 Å². The third-order valence-corrected chi connectivity index (χ3v) is 14.2. The zero-order chi connectivity index (χ0) is 50.7. The fraction of sp³-hybridized carbons (Fsp3) is 0.891. The number of hydrogen-bond donors (Lipinski definition) is 0. The molecule has 0 aliphatic rings. The van der Waals surface area contributed by atoms with Gasteiger partial charge in [-0.05, 0) is 51.4 Å². The van der Waals surface area contributed by atoms with Crippen molar-refractivity contribution in [3.05, 3.63) is 24.3 Å². The molecular formula is C64H120O6. The number of esters is 3. The molecule has 0 aliphatic heterocycles. The van der Waals surface area contributed by atoms with Gasteiger partial charge < -0.3 is 14.2 Å². The third-order valence-electron chi connectivity index (χ3n) is 14.2. The van der Waals surface area contributed by atoms with Crippen molar-refractivity contribution in [2.45, 2.75) is 354 Å². The summed E-state index contributed by atoms with van der Waals surface area (Å²) < 4.78 is 16.9. The Bertz CT molecular complexity index is 1130. The quantitative estimate of drug-likeness (QED) is 0.0261. The number of ether oxygens (including phenoxy) is 3. The molecule has 0 aromatic heterocycles. The molecule has 1 atom stereocenters. The predicted octanol–water partition coefficient (Wildman–Crippen LogP) is 21.1. The van der Waals surface area contributed by atoms with Crippen LogP contribution in [0.5, 0.6) is 0 Å². The van der Waals surface area contributed by atoms with Gasteiger partial charge in [0, 0.05) is 19.3 Å². The molecular weight excluding hydrogens is 865 g/mol. The van der Waals surface area contributed by atoms with Gasteiger partial charge in [-0.1, -0.05) is 302 Å². The van der Waals surface area contributed by atoms with Gasteiger partial charge in [0.1, 0.15) is 13.2 Å². The van der Waals surface area contributed by atoms with E-state index in [4.69, 9.17) is 14.2 Å². The standard InChI is InChI=1S/C64H120O6/c1-4-7-10-13-16-19-22-25-27-29-31-33-34-36-39-42-45-48-51-54-57-63(66)69-60-61(59-68-62(65)56-53-50-47-44-41-38-24-21-18-15-12-9-6-3)70-64(67)58-55-52-49-46-43-40-37-35-32-30-28-26-23-20-17-14-11-8-5-2/h17,20,26,28,61H,4-16,18-19,21-25,27,29-60H2,1-3H3/b20-17-,28-26-. The molecule has 1 unspecified atom stereocenters. The molecule has 0 heterocycles. The number of allylic oxidation sites excluding steroid dienone is 4. The molecule has 0 aliphatic carbocycles. The van der Waals surface area contributed by atoms with Crippen LogP contribution < -0.4 is 0 Å². The maximum atomic E-state index is 12.9. The molecule has 0 saturated heterocycles. The zero-order valence-corrected chi connectivity index (χ0v) is 47.3. The second-order valence-electron chi connectivity index (χ2n) is 21.3. The number of carbonyl (C=O) groups is 3.